The lowest BCUT2D eigenvalue weighted by atomic mass is 10.1. The van der Waals surface area contributed by atoms with E-state index in [4.69, 9.17) is 0 Å². The summed E-state index contributed by atoms with van der Waals surface area (Å²) in [4.78, 5) is 13.9. The molecule has 0 bridgehead atoms. The molecule has 2 nitrogen and oxygen atoms in total. The molecule has 16 heavy (non-hydrogen) atoms. The van der Waals surface area contributed by atoms with Crippen LogP contribution >= 0.6 is 11.8 Å². The van der Waals surface area contributed by atoms with Gasteiger partial charge in [-0.05, 0) is 29.1 Å². The van der Waals surface area contributed by atoms with Crippen molar-refractivity contribution in [1.82, 2.24) is 4.98 Å². The van der Waals surface area contributed by atoms with Gasteiger partial charge in [-0.3, -0.25) is 4.79 Å². The number of hydrogen-bond acceptors (Lipinski definition) is 2. The second kappa shape index (κ2) is 5.03. The minimum Gasteiger partial charge on any atom is -0.361 e. The second-order valence-corrected chi connectivity index (χ2v) is 4.73. The van der Waals surface area contributed by atoms with Crippen molar-refractivity contribution in [2.45, 2.75) is 6.92 Å². The lowest BCUT2D eigenvalue weighted by Crippen LogP contribution is -1.81. The Balaban J connectivity index is 2.06. The molecule has 0 aliphatic carbocycles. The molecule has 0 radical (unpaired) electrons. The van der Waals surface area contributed by atoms with E-state index in [1.165, 1.54) is 17.1 Å². The van der Waals surface area contributed by atoms with E-state index < -0.39 is 0 Å². The molecule has 0 aliphatic rings. The maximum absolute atomic E-state index is 10.7. The van der Waals surface area contributed by atoms with E-state index in [1.54, 1.807) is 6.92 Å². The monoisotopic (exact) mass is 231 g/mol. The molecule has 0 aliphatic heterocycles. The van der Waals surface area contributed by atoms with Gasteiger partial charge in [0.15, 0.2) is 5.12 Å². The quantitative estimate of drug-likeness (QED) is 0.877. The lowest BCUT2D eigenvalue weighted by molar-refractivity contribution is -0.109. The lowest BCUT2D eigenvalue weighted by Gasteiger charge is -1.94. The Morgan fingerprint density at radius 3 is 3.12 bits per heavy atom. The number of hydrogen-bond donors (Lipinski definition) is 1. The Morgan fingerprint density at radius 1 is 1.44 bits per heavy atom. The van der Waals surface area contributed by atoms with E-state index >= 15 is 0 Å². The molecule has 2 aromatic rings. The molecule has 0 atom stereocenters. The smallest absolute Gasteiger partial charge is 0.186 e. The molecule has 2 rings (SSSR count). The molecule has 0 spiro atoms. The van der Waals surface area contributed by atoms with Crippen molar-refractivity contribution in [3.8, 4) is 0 Å². The SMILES string of the molecule is CC(=O)SCC=Cc1ccc2[nH]ccc2c1. The largest absolute Gasteiger partial charge is 0.361 e. The molecule has 0 saturated heterocycles. The van der Waals surface area contributed by atoms with Crippen LogP contribution in [0.5, 0.6) is 0 Å². The van der Waals surface area contributed by atoms with Crippen LogP contribution in [0.1, 0.15) is 12.5 Å². The Bertz CT molecular complexity index is 527. The van der Waals surface area contributed by atoms with Gasteiger partial charge in [-0.25, -0.2) is 0 Å². The summed E-state index contributed by atoms with van der Waals surface area (Å²) in [6.45, 7) is 1.59. The van der Waals surface area contributed by atoms with Crippen molar-refractivity contribution in [3.63, 3.8) is 0 Å². The number of thioether (sulfide) groups is 1. The van der Waals surface area contributed by atoms with Gasteiger partial charge in [-0.2, -0.15) is 0 Å². The van der Waals surface area contributed by atoms with Crippen LogP contribution in [-0.4, -0.2) is 15.9 Å². The highest BCUT2D eigenvalue weighted by Crippen LogP contribution is 2.15. The summed E-state index contributed by atoms with van der Waals surface area (Å²) in [6.07, 6.45) is 5.99. The van der Waals surface area contributed by atoms with Gasteiger partial charge in [-0.15, -0.1) is 0 Å². The molecule has 1 heterocycles. The molecular formula is C13H13NOS. The summed E-state index contributed by atoms with van der Waals surface area (Å²) in [5.74, 6) is 0.737. The predicted octanol–water partition coefficient (Wildman–Crippen LogP) is 3.46. The van der Waals surface area contributed by atoms with Gasteiger partial charge in [0, 0.05) is 24.4 Å². The van der Waals surface area contributed by atoms with Crippen molar-refractivity contribution in [2.75, 3.05) is 5.75 Å². The van der Waals surface area contributed by atoms with Crippen molar-refractivity contribution in [3.05, 3.63) is 42.1 Å². The normalized spacial score (nSPS) is 11.3. The minimum atomic E-state index is 0.158. The zero-order chi connectivity index (χ0) is 11.4. The Labute approximate surface area is 98.7 Å². The third-order valence-electron chi connectivity index (χ3n) is 2.27. The fraction of sp³-hybridized carbons (Fsp3) is 0.154. The molecule has 0 amide bonds. The number of nitrogens with one attached hydrogen (secondary N) is 1. The minimum absolute atomic E-state index is 0.158. The molecule has 82 valence electrons. The number of rotatable bonds is 3. The van der Waals surface area contributed by atoms with Gasteiger partial charge in [0.05, 0.1) is 0 Å². The van der Waals surface area contributed by atoms with E-state index in [9.17, 15) is 4.79 Å². The topological polar surface area (TPSA) is 32.9 Å². The predicted molar refractivity (Wildman–Crippen MR) is 70.5 cm³/mol. The molecule has 1 aromatic carbocycles. The van der Waals surface area contributed by atoms with Crippen LogP contribution < -0.4 is 0 Å². The highest BCUT2D eigenvalue weighted by atomic mass is 32.2. The van der Waals surface area contributed by atoms with Crippen molar-refractivity contribution in [2.24, 2.45) is 0 Å². The maximum Gasteiger partial charge on any atom is 0.186 e. The Kier molecular flexibility index (Phi) is 3.47. The van der Waals surface area contributed by atoms with E-state index in [-0.39, 0.29) is 5.12 Å². The van der Waals surface area contributed by atoms with Gasteiger partial charge < -0.3 is 4.98 Å². The highest BCUT2D eigenvalue weighted by Gasteiger charge is 1.94. The molecule has 0 unspecified atom stereocenters. The first-order valence-electron chi connectivity index (χ1n) is 5.13. The number of benzene rings is 1. The van der Waals surface area contributed by atoms with Crippen LogP contribution in [0.2, 0.25) is 0 Å². The van der Waals surface area contributed by atoms with E-state index in [0.717, 1.165) is 16.8 Å². The zero-order valence-electron chi connectivity index (χ0n) is 9.07. The van der Waals surface area contributed by atoms with E-state index in [2.05, 4.69) is 29.2 Å². The standard InChI is InChI=1S/C13H13NOS/c1-10(15)16-8-2-3-11-4-5-13-12(9-11)6-7-14-13/h2-7,9,14H,8H2,1H3. The molecule has 3 heteroatoms. The van der Waals surface area contributed by atoms with Gasteiger partial charge in [-0.1, -0.05) is 30.0 Å². The van der Waals surface area contributed by atoms with E-state index in [1.807, 2.05) is 18.3 Å². The third kappa shape index (κ3) is 2.76. The average molecular weight is 231 g/mol. The first-order chi connectivity index (χ1) is 7.75. The van der Waals surface area contributed by atoms with Gasteiger partial charge >= 0.3 is 0 Å². The summed E-state index contributed by atoms with van der Waals surface area (Å²) in [7, 11) is 0. The van der Waals surface area contributed by atoms with Gasteiger partial charge in [0.25, 0.3) is 0 Å². The van der Waals surface area contributed by atoms with Crippen LogP contribution in [0.25, 0.3) is 17.0 Å². The first kappa shape index (κ1) is 11.0. The van der Waals surface area contributed by atoms with Crippen LogP contribution in [0, 0.1) is 0 Å². The number of H-pyrrole nitrogens is 1. The molecule has 0 saturated carbocycles. The summed E-state index contributed by atoms with van der Waals surface area (Å²) < 4.78 is 0. The summed E-state index contributed by atoms with van der Waals surface area (Å²) in [5, 5.41) is 1.37. The summed E-state index contributed by atoms with van der Waals surface area (Å²) in [6, 6.07) is 8.30. The third-order valence-corrected chi connectivity index (χ3v) is 3.04. The Hall–Kier alpha value is -1.48. The van der Waals surface area contributed by atoms with Crippen molar-refractivity contribution >= 4 is 33.9 Å². The fourth-order valence-corrected chi connectivity index (χ4v) is 1.95. The van der Waals surface area contributed by atoms with Crippen molar-refractivity contribution in [1.29, 1.82) is 0 Å². The Morgan fingerprint density at radius 2 is 2.31 bits per heavy atom. The van der Waals surface area contributed by atoms with Gasteiger partial charge in [0.2, 0.25) is 0 Å². The van der Waals surface area contributed by atoms with Crippen LogP contribution in [0.3, 0.4) is 0 Å². The average Bonchev–Trinajstić information content (AvgIpc) is 2.71. The number of carbonyl (C=O) groups excluding carboxylic acids is 1. The first-order valence-corrected chi connectivity index (χ1v) is 6.11. The van der Waals surface area contributed by atoms with Crippen molar-refractivity contribution < 1.29 is 4.79 Å². The number of fused-ring (bicyclic) bond motifs is 1. The fourth-order valence-electron chi connectivity index (χ4n) is 1.53. The maximum atomic E-state index is 10.7. The molecular weight excluding hydrogens is 218 g/mol. The summed E-state index contributed by atoms with van der Waals surface area (Å²) >= 11 is 1.32. The number of aromatic amines is 1. The molecule has 1 N–H and O–H groups in total. The summed E-state index contributed by atoms with van der Waals surface area (Å²) in [5.41, 5.74) is 2.31. The van der Waals surface area contributed by atoms with Crippen LogP contribution in [-0.2, 0) is 4.79 Å². The second-order valence-electron chi connectivity index (χ2n) is 3.53. The zero-order valence-corrected chi connectivity index (χ0v) is 9.88. The van der Waals surface area contributed by atoms with Crippen LogP contribution in [0.15, 0.2) is 36.5 Å². The number of aromatic nitrogens is 1. The molecule has 0 fully saturated rings. The van der Waals surface area contributed by atoms with E-state index in [0.29, 0.717) is 0 Å². The number of carbonyl (C=O) groups is 1. The van der Waals surface area contributed by atoms with Gasteiger partial charge in [0.1, 0.15) is 0 Å². The molecule has 1 aromatic heterocycles. The highest BCUT2D eigenvalue weighted by molar-refractivity contribution is 8.13. The van der Waals surface area contributed by atoms with Crippen LogP contribution in [0.4, 0.5) is 0 Å².